The second-order valence-corrected chi connectivity index (χ2v) is 6.74. The molecule has 7 heteroatoms. The van der Waals surface area contributed by atoms with Gasteiger partial charge in [-0.3, -0.25) is 9.69 Å². The molecule has 27 heavy (non-hydrogen) atoms. The Morgan fingerprint density at radius 3 is 2.63 bits per heavy atom. The number of nitrogens with one attached hydrogen (secondary N) is 1. The van der Waals surface area contributed by atoms with Crippen molar-refractivity contribution in [1.29, 1.82) is 0 Å². The molecule has 0 spiro atoms. The first-order valence-corrected chi connectivity index (χ1v) is 9.27. The number of carbonyl (C=O) groups excluding carboxylic acids is 1. The maximum absolute atomic E-state index is 12.7. The summed E-state index contributed by atoms with van der Waals surface area (Å²) >= 11 is 0. The lowest BCUT2D eigenvalue weighted by molar-refractivity contribution is 0.0927. The van der Waals surface area contributed by atoms with Gasteiger partial charge in [-0.1, -0.05) is 18.2 Å². The molecule has 0 unspecified atom stereocenters. The number of para-hydroxylation sites is 1. The summed E-state index contributed by atoms with van der Waals surface area (Å²) in [6.45, 7) is 4.31. The molecule has 0 saturated carbocycles. The largest absolute Gasteiger partial charge is 0.468 e. The average Bonchev–Trinajstić information content (AvgIpc) is 3.45. The summed E-state index contributed by atoms with van der Waals surface area (Å²) in [4.78, 5) is 16.6. The van der Waals surface area contributed by atoms with Gasteiger partial charge in [-0.25, -0.2) is 0 Å². The van der Waals surface area contributed by atoms with Crippen molar-refractivity contribution >= 4 is 5.91 Å². The number of amides is 1. The summed E-state index contributed by atoms with van der Waals surface area (Å²) in [7, 11) is 0. The maximum Gasteiger partial charge on any atom is 0.273 e. The number of aromatic nitrogens is 3. The molecule has 1 saturated heterocycles. The minimum atomic E-state index is -0.217. The SMILES string of the molecule is Cc1nn(-c2ccccc2)nc1C(=O)NC[C@H](c1ccco1)N1CCCC1. The lowest BCUT2D eigenvalue weighted by Crippen LogP contribution is -2.37. The molecule has 3 aromatic rings. The van der Waals surface area contributed by atoms with Gasteiger partial charge in [0.2, 0.25) is 0 Å². The lowest BCUT2D eigenvalue weighted by Gasteiger charge is -2.25. The van der Waals surface area contributed by atoms with Crippen LogP contribution in [0.25, 0.3) is 5.69 Å². The van der Waals surface area contributed by atoms with Crippen LogP contribution in [0.3, 0.4) is 0 Å². The van der Waals surface area contributed by atoms with Crippen LogP contribution in [0.5, 0.6) is 0 Å². The van der Waals surface area contributed by atoms with E-state index in [-0.39, 0.29) is 11.9 Å². The van der Waals surface area contributed by atoms with E-state index in [1.54, 1.807) is 13.2 Å². The molecule has 1 aliphatic heterocycles. The van der Waals surface area contributed by atoms with Crippen LogP contribution in [0.15, 0.2) is 53.1 Å². The van der Waals surface area contributed by atoms with Gasteiger partial charge in [0.15, 0.2) is 5.69 Å². The van der Waals surface area contributed by atoms with Crippen molar-refractivity contribution in [1.82, 2.24) is 25.2 Å². The Kier molecular flexibility index (Phi) is 5.02. The van der Waals surface area contributed by atoms with Gasteiger partial charge in [0.05, 0.1) is 23.7 Å². The number of rotatable bonds is 6. The van der Waals surface area contributed by atoms with E-state index in [0.717, 1.165) is 24.5 Å². The normalized spacial score (nSPS) is 15.7. The van der Waals surface area contributed by atoms with E-state index >= 15 is 0 Å². The minimum absolute atomic E-state index is 0.0379. The highest BCUT2D eigenvalue weighted by Crippen LogP contribution is 2.25. The van der Waals surface area contributed by atoms with Crippen molar-refractivity contribution in [2.45, 2.75) is 25.8 Å². The first kappa shape index (κ1) is 17.5. The number of aryl methyl sites for hydroxylation is 1. The fraction of sp³-hybridized carbons (Fsp3) is 0.350. The summed E-state index contributed by atoms with van der Waals surface area (Å²) in [6, 6.07) is 13.5. The highest BCUT2D eigenvalue weighted by atomic mass is 16.3. The van der Waals surface area contributed by atoms with Crippen molar-refractivity contribution in [3.8, 4) is 5.69 Å². The third kappa shape index (κ3) is 3.78. The monoisotopic (exact) mass is 365 g/mol. The van der Waals surface area contributed by atoms with Gasteiger partial charge < -0.3 is 9.73 Å². The molecule has 1 aliphatic rings. The minimum Gasteiger partial charge on any atom is -0.468 e. The van der Waals surface area contributed by atoms with Gasteiger partial charge >= 0.3 is 0 Å². The van der Waals surface area contributed by atoms with Gasteiger partial charge in [-0.15, -0.1) is 5.10 Å². The fourth-order valence-electron chi connectivity index (χ4n) is 3.48. The van der Waals surface area contributed by atoms with E-state index < -0.39 is 0 Å². The van der Waals surface area contributed by atoms with Crippen molar-refractivity contribution in [3.63, 3.8) is 0 Å². The number of benzene rings is 1. The van der Waals surface area contributed by atoms with Crippen LogP contribution in [-0.4, -0.2) is 45.4 Å². The number of furan rings is 1. The molecule has 0 aliphatic carbocycles. The maximum atomic E-state index is 12.7. The van der Waals surface area contributed by atoms with Crippen LogP contribution in [0, 0.1) is 6.92 Å². The second kappa shape index (κ2) is 7.75. The van der Waals surface area contributed by atoms with E-state index in [9.17, 15) is 4.79 Å². The van der Waals surface area contributed by atoms with Gasteiger partial charge in [0.1, 0.15) is 5.76 Å². The molecule has 0 radical (unpaired) electrons. The topological polar surface area (TPSA) is 76.2 Å². The summed E-state index contributed by atoms with van der Waals surface area (Å²) in [5.74, 6) is 0.660. The van der Waals surface area contributed by atoms with Gasteiger partial charge in [0.25, 0.3) is 5.91 Å². The highest BCUT2D eigenvalue weighted by Gasteiger charge is 2.27. The second-order valence-electron chi connectivity index (χ2n) is 6.74. The molecule has 1 fully saturated rings. The van der Waals surface area contributed by atoms with E-state index in [2.05, 4.69) is 20.4 Å². The number of carbonyl (C=O) groups is 1. The molecule has 1 amide bonds. The fourth-order valence-corrected chi connectivity index (χ4v) is 3.48. The molecule has 1 aromatic carbocycles. The first-order valence-electron chi connectivity index (χ1n) is 9.27. The van der Waals surface area contributed by atoms with E-state index in [1.807, 2.05) is 42.5 Å². The van der Waals surface area contributed by atoms with Gasteiger partial charge in [-0.05, 0) is 57.1 Å². The van der Waals surface area contributed by atoms with Crippen LogP contribution < -0.4 is 5.32 Å². The quantitative estimate of drug-likeness (QED) is 0.727. The molecular formula is C20H23N5O2. The summed E-state index contributed by atoms with van der Waals surface area (Å²) in [5, 5.41) is 11.8. The summed E-state index contributed by atoms with van der Waals surface area (Å²) in [6.07, 6.45) is 4.03. The smallest absolute Gasteiger partial charge is 0.273 e. The van der Waals surface area contributed by atoms with Crippen LogP contribution in [0.2, 0.25) is 0 Å². The Morgan fingerprint density at radius 2 is 1.93 bits per heavy atom. The number of hydrogen-bond acceptors (Lipinski definition) is 5. The van der Waals surface area contributed by atoms with E-state index in [4.69, 9.17) is 4.42 Å². The first-order chi connectivity index (χ1) is 13.2. The Hall–Kier alpha value is -2.93. The molecule has 2 aromatic heterocycles. The lowest BCUT2D eigenvalue weighted by atomic mass is 10.2. The van der Waals surface area contributed by atoms with Crippen molar-refractivity contribution in [3.05, 3.63) is 65.9 Å². The van der Waals surface area contributed by atoms with Crippen molar-refractivity contribution in [2.24, 2.45) is 0 Å². The molecular weight excluding hydrogens is 342 g/mol. The zero-order chi connectivity index (χ0) is 18.6. The molecule has 3 heterocycles. The van der Waals surface area contributed by atoms with Gasteiger partial charge in [-0.2, -0.15) is 9.90 Å². The average molecular weight is 365 g/mol. The molecule has 1 N–H and O–H groups in total. The number of hydrogen-bond donors (Lipinski definition) is 1. The zero-order valence-electron chi connectivity index (χ0n) is 15.3. The number of likely N-dealkylation sites (tertiary alicyclic amines) is 1. The third-order valence-electron chi connectivity index (χ3n) is 4.89. The molecule has 4 rings (SSSR count). The standard InChI is InChI=1S/C20H23N5O2/c1-15-19(23-25(22-15)16-8-3-2-4-9-16)20(26)21-14-17(18-10-7-13-27-18)24-11-5-6-12-24/h2-4,7-10,13,17H,5-6,11-12,14H2,1H3,(H,21,26)/t17-/m1/s1. The van der Waals surface area contributed by atoms with E-state index in [1.165, 1.54) is 17.6 Å². The van der Waals surface area contributed by atoms with Crippen LogP contribution in [0.4, 0.5) is 0 Å². The van der Waals surface area contributed by atoms with Crippen LogP contribution in [-0.2, 0) is 0 Å². The molecule has 7 nitrogen and oxygen atoms in total. The predicted octanol–water partition coefficient (Wildman–Crippen LogP) is 2.74. The van der Waals surface area contributed by atoms with Crippen LogP contribution in [0.1, 0.15) is 40.8 Å². The molecule has 140 valence electrons. The molecule has 0 bridgehead atoms. The predicted molar refractivity (Wildman–Crippen MR) is 101 cm³/mol. The summed E-state index contributed by atoms with van der Waals surface area (Å²) < 4.78 is 5.61. The zero-order valence-corrected chi connectivity index (χ0v) is 15.3. The Labute approximate surface area is 158 Å². The van der Waals surface area contributed by atoms with E-state index in [0.29, 0.717) is 17.9 Å². The van der Waals surface area contributed by atoms with Crippen molar-refractivity contribution < 1.29 is 9.21 Å². The Bertz CT molecular complexity index is 883. The van der Waals surface area contributed by atoms with Crippen LogP contribution >= 0.6 is 0 Å². The number of nitrogens with zero attached hydrogens (tertiary/aromatic N) is 4. The van der Waals surface area contributed by atoms with Gasteiger partial charge in [0, 0.05) is 6.54 Å². The Morgan fingerprint density at radius 1 is 1.15 bits per heavy atom. The highest BCUT2D eigenvalue weighted by molar-refractivity contribution is 5.93. The Balaban J connectivity index is 1.48. The van der Waals surface area contributed by atoms with Crippen molar-refractivity contribution in [2.75, 3.05) is 19.6 Å². The third-order valence-corrected chi connectivity index (χ3v) is 4.89. The summed E-state index contributed by atoms with van der Waals surface area (Å²) in [5.41, 5.74) is 1.77. The molecule has 1 atom stereocenters.